The van der Waals surface area contributed by atoms with Crippen LogP contribution in [0.15, 0.2) is 35.3 Å². The van der Waals surface area contributed by atoms with Crippen LogP contribution in [0.25, 0.3) is 11.3 Å². The fourth-order valence-electron chi connectivity index (χ4n) is 3.88. The summed E-state index contributed by atoms with van der Waals surface area (Å²) in [7, 11) is 0. The number of carboxylic acid groups (broad SMARTS) is 1. The molecule has 1 unspecified atom stereocenters. The maximum absolute atomic E-state index is 12.1. The van der Waals surface area contributed by atoms with Crippen LogP contribution < -0.4 is 10.3 Å². The summed E-state index contributed by atoms with van der Waals surface area (Å²) in [6.07, 6.45) is 4.81. The number of anilines is 1. The van der Waals surface area contributed by atoms with Crippen molar-refractivity contribution in [1.29, 1.82) is 0 Å². The fraction of sp³-hybridized carbons (Fsp3) is 0.368. The molecule has 1 aromatic carbocycles. The summed E-state index contributed by atoms with van der Waals surface area (Å²) in [6, 6.07) is 8.00. The quantitative estimate of drug-likeness (QED) is 0.922. The second kappa shape index (κ2) is 5.51. The molecule has 5 heteroatoms. The molecule has 124 valence electrons. The van der Waals surface area contributed by atoms with Crippen LogP contribution in [0.4, 0.5) is 5.69 Å². The lowest BCUT2D eigenvalue weighted by molar-refractivity contribution is 0.0694. The van der Waals surface area contributed by atoms with Gasteiger partial charge in [-0.05, 0) is 43.9 Å². The van der Waals surface area contributed by atoms with E-state index in [1.807, 2.05) is 4.57 Å². The number of carboxylic acids is 1. The van der Waals surface area contributed by atoms with E-state index in [2.05, 4.69) is 30.0 Å². The highest BCUT2D eigenvalue weighted by Crippen LogP contribution is 2.36. The average Bonchev–Trinajstić information content (AvgIpc) is 3.08. The van der Waals surface area contributed by atoms with Crippen molar-refractivity contribution in [2.24, 2.45) is 0 Å². The second-order valence-electron chi connectivity index (χ2n) is 6.74. The first-order valence-electron chi connectivity index (χ1n) is 8.42. The zero-order valence-corrected chi connectivity index (χ0v) is 13.7. The van der Waals surface area contributed by atoms with Gasteiger partial charge in [-0.25, -0.2) is 4.79 Å². The Balaban J connectivity index is 1.83. The molecule has 1 aromatic heterocycles. The van der Waals surface area contributed by atoms with Gasteiger partial charge in [0.1, 0.15) is 5.56 Å². The van der Waals surface area contributed by atoms with Crippen molar-refractivity contribution < 1.29 is 9.90 Å². The molecule has 2 aliphatic heterocycles. The van der Waals surface area contributed by atoms with E-state index in [1.54, 1.807) is 0 Å². The standard InChI is InChI=1S/C19H20N2O3/c1-12-8-13-9-14(20-6-2-3-7-20)4-5-15(13)17-10-18(22)16(19(23)24)11-21(12)17/h4-5,9-12H,2-3,6-8H2,1H3,(H,23,24). The van der Waals surface area contributed by atoms with E-state index < -0.39 is 11.4 Å². The molecular weight excluding hydrogens is 304 g/mol. The third kappa shape index (κ3) is 2.31. The van der Waals surface area contributed by atoms with Gasteiger partial charge in [-0.3, -0.25) is 4.79 Å². The lowest BCUT2D eigenvalue weighted by Gasteiger charge is -2.29. The van der Waals surface area contributed by atoms with Crippen molar-refractivity contribution in [3.63, 3.8) is 0 Å². The molecule has 5 nitrogen and oxygen atoms in total. The number of rotatable bonds is 2. The van der Waals surface area contributed by atoms with Crippen LogP contribution in [0, 0.1) is 0 Å². The van der Waals surface area contributed by atoms with E-state index in [0.29, 0.717) is 0 Å². The van der Waals surface area contributed by atoms with Crippen LogP contribution in [0.2, 0.25) is 0 Å². The van der Waals surface area contributed by atoms with Gasteiger partial charge in [-0.1, -0.05) is 6.07 Å². The predicted octanol–water partition coefficient (Wildman–Crippen LogP) is 2.93. The number of hydrogen-bond acceptors (Lipinski definition) is 3. The number of pyridine rings is 1. The van der Waals surface area contributed by atoms with Gasteiger partial charge in [0.25, 0.3) is 0 Å². The Morgan fingerprint density at radius 2 is 1.96 bits per heavy atom. The van der Waals surface area contributed by atoms with Gasteiger partial charge < -0.3 is 14.6 Å². The molecule has 3 heterocycles. The Hall–Kier alpha value is -2.56. The van der Waals surface area contributed by atoms with Gasteiger partial charge >= 0.3 is 5.97 Å². The molecule has 2 aromatic rings. The molecule has 1 N–H and O–H groups in total. The fourth-order valence-corrected chi connectivity index (χ4v) is 3.88. The average molecular weight is 324 g/mol. The smallest absolute Gasteiger partial charge is 0.341 e. The third-order valence-corrected chi connectivity index (χ3v) is 5.14. The van der Waals surface area contributed by atoms with Crippen LogP contribution in [-0.2, 0) is 6.42 Å². The molecule has 0 bridgehead atoms. The molecule has 0 radical (unpaired) electrons. The zero-order chi connectivity index (χ0) is 16.8. The molecule has 0 saturated carbocycles. The summed E-state index contributed by atoms with van der Waals surface area (Å²) in [6.45, 7) is 4.27. The van der Waals surface area contributed by atoms with Crippen molar-refractivity contribution in [3.05, 3.63) is 51.8 Å². The second-order valence-corrected chi connectivity index (χ2v) is 6.74. The summed E-state index contributed by atoms with van der Waals surface area (Å²) in [4.78, 5) is 25.8. The van der Waals surface area contributed by atoms with Crippen molar-refractivity contribution >= 4 is 11.7 Å². The highest BCUT2D eigenvalue weighted by Gasteiger charge is 2.24. The summed E-state index contributed by atoms with van der Waals surface area (Å²) in [5, 5.41) is 9.19. The minimum absolute atomic E-state index is 0.125. The molecule has 0 amide bonds. The molecule has 1 fully saturated rings. The molecule has 1 atom stereocenters. The highest BCUT2D eigenvalue weighted by atomic mass is 16.4. The topological polar surface area (TPSA) is 62.5 Å². The molecule has 1 saturated heterocycles. The normalized spacial score (nSPS) is 19.0. The molecular formula is C19H20N2O3. The largest absolute Gasteiger partial charge is 0.477 e. The van der Waals surface area contributed by atoms with Crippen molar-refractivity contribution in [2.75, 3.05) is 18.0 Å². The van der Waals surface area contributed by atoms with Crippen molar-refractivity contribution in [2.45, 2.75) is 32.2 Å². The van der Waals surface area contributed by atoms with Crippen molar-refractivity contribution in [3.8, 4) is 11.3 Å². The minimum Gasteiger partial charge on any atom is -0.477 e. The number of benzene rings is 1. The summed E-state index contributed by atoms with van der Waals surface area (Å²) in [5.74, 6) is -1.17. The minimum atomic E-state index is -1.17. The zero-order valence-electron chi connectivity index (χ0n) is 13.7. The Morgan fingerprint density at radius 3 is 2.67 bits per heavy atom. The molecule has 0 aliphatic carbocycles. The Kier molecular flexibility index (Phi) is 3.44. The van der Waals surface area contributed by atoms with Crippen LogP contribution >= 0.6 is 0 Å². The van der Waals surface area contributed by atoms with Gasteiger partial charge in [-0.15, -0.1) is 0 Å². The lowest BCUT2D eigenvalue weighted by atomic mass is 9.92. The van der Waals surface area contributed by atoms with Gasteiger partial charge in [0, 0.05) is 42.6 Å². The molecule has 24 heavy (non-hydrogen) atoms. The number of nitrogens with zero attached hydrogens (tertiary/aromatic N) is 2. The lowest BCUT2D eigenvalue weighted by Crippen LogP contribution is -2.24. The summed E-state index contributed by atoms with van der Waals surface area (Å²) < 4.78 is 1.92. The van der Waals surface area contributed by atoms with Crippen LogP contribution in [-0.4, -0.2) is 28.7 Å². The monoisotopic (exact) mass is 324 g/mol. The van der Waals surface area contributed by atoms with Gasteiger partial charge in [0.15, 0.2) is 5.43 Å². The maximum atomic E-state index is 12.1. The Bertz CT molecular complexity index is 879. The van der Waals surface area contributed by atoms with Gasteiger partial charge in [0.2, 0.25) is 0 Å². The van der Waals surface area contributed by atoms with Crippen molar-refractivity contribution in [1.82, 2.24) is 4.57 Å². The first-order chi connectivity index (χ1) is 11.5. The van der Waals surface area contributed by atoms with E-state index in [1.165, 1.54) is 36.4 Å². The number of aromatic nitrogens is 1. The van der Waals surface area contributed by atoms with E-state index in [-0.39, 0.29) is 11.6 Å². The van der Waals surface area contributed by atoms with E-state index in [4.69, 9.17) is 0 Å². The molecule has 2 aliphatic rings. The number of hydrogen-bond donors (Lipinski definition) is 1. The first-order valence-corrected chi connectivity index (χ1v) is 8.42. The highest BCUT2D eigenvalue weighted by molar-refractivity contribution is 5.87. The third-order valence-electron chi connectivity index (χ3n) is 5.14. The maximum Gasteiger partial charge on any atom is 0.341 e. The number of aromatic carboxylic acids is 1. The van der Waals surface area contributed by atoms with Crippen LogP contribution in [0.5, 0.6) is 0 Å². The van der Waals surface area contributed by atoms with Gasteiger partial charge in [0.05, 0.1) is 5.69 Å². The van der Waals surface area contributed by atoms with E-state index in [9.17, 15) is 14.7 Å². The Morgan fingerprint density at radius 1 is 1.21 bits per heavy atom. The predicted molar refractivity (Wildman–Crippen MR) is 93.0 cm³/mol. The number of carbonyl (C=O) groups is 1. The molecule has 0 spiro atoms. The Labute approximate surface area is 140 Å². The summed E-state index contributed by atoms with van der Waals surface area (Å²) in [5.41, 5.74) is 3.72. The van der Waals surface area contributed by atoms with Crippen LogP contribution in [0.3, 0.4) is 0 Å². The molecule has 4 rings (SSSR count). The van der Waals surface area contributed by atoms with Crippen LogP contribution in [0.1, 0.15) is 41.7 Å². The SMILES string of the molecule is CC1Cc2cc(N3CCCC3)ccc2-c2cc(=O)c(C(=O)O)cn21. The van der Waals surface area contributed by atoms with E-state index >= 15 is 0 Å². The summed E-state index contributed by atoms with van der Waals surface area (Å²) >= 11 is 0. The number of fused-ring (bicyclic) bond motifs is 3. The first kappa shape index (κ1) is 15.0. The van der Waals surface area contributed by atoms with E-state index in [0.717, 1.165) is 30.8 Å². The van der Waals surface area contributed by atoms with Gasteiger partial charge in [-0.2, -0.15) is 0 Å².